The average Bonchev–Trinajstić information content (AvgIpc) is 2.98. The van der Waals surface area contributed by atoms with Crippen LogP contribution in [0.1, 0.15) is 16.9 Å². The minimum atomic E-state index is -0.0607. The Balaban J connectivity index is 1.77. The molecule has 3 rings (SSSR count). The molecular weight excluding hydrogens is 320 g/mol. The van der Waals surface area contributed by atoms with Crippen molar-refractivity contribution < 1.29 is 9.53 Å². The predicted octanol–water partition coefficient (Wildman–Crippen LogP) is 4.05. The number of methoxy groups -OCH3 is 1. The minimum Gasteiger partial charge on any atom is -0.398 e. The highest BCUT2D eigenvalue weighted by Gasteiger charge is 2.08. The van der Waals surface area contributed by atoms with Crippen molar-refractivity contribution in [3.8, 4) is 0 Å². The molecule has 5 heteroatoms. The second-order valence-electron chi connectivity index (χ2n) is 5.63. The van der Waals surface area contributed by atoms with Gasteiger partial charge in [-0.2, -0.15) is 0 Å². The molecule has 0 aliphatic heterocycles. The van der Waals surface area contributed by atoms with Gasteiger partial charge < -0.3 is 15.8 Å². The summed E-state index contributed by atoms with van der Waals surface area (Å²) in [5, 5.41) is 4.14. The number of benzene rings is 2. The van der Waals surface area contributed by atoms with Crippen LogP contribution < -0.4 is 11.1 Å². The number of hydrogen-bond donors (Lipinski definition) is 2. The molecule has 0 saturated carbocycles. The van der Waals surface area contributed by atoms with Gasteiger partial charge in [0.25, 0.3) is 0 Å². The molecule has 0 bridgehead atoms. The van der Waals surface area contributed by atoms with Crippen LogP contribution in [0, 0.1) is 0 Å². The maximum absolute atomic E-state index is 11.8. The van der Waals surface area contributed by atoms with Gasteiger partial charge >= 0.3 is 0 Å². The molecule has 0 atom stereocenters. The lowest BCUT2D eigenvalue weighted by Gasteiger charge is -2.09. The molecule has 0 fully saturated rings. The standard InChI is InChI=1S/C19H20N2O2S/c1-23-9-8-19(22)21-15-6-7-17(20)14(10-15)12-16-11-13-4-2-3-5-18(13)24-16/h2-7,10-11H,8-9,12,20H2,1H3,(H,21,22). The lowest BCUT2D eigenvalue weighted by Crippen LogP contribution is -2.13. The van der Waals surface area contributed by atoms with Gasteiger partial charge in [-0.15, -0.1) is 11.3 Å². The zero-order chi connectivity index (χ0) is 16.9. The number of amides is 1. The molecule has 4 nitrogen and oxygen atoms in total. The number of anilines is 2. The topological polar surface area (TPSA) is 64.3 Å². The SMILES string of the molecule is COCCC(=O)Nc1ccc(N)c(Cc2cc3ccccc3s2)c1. The Morgan fingerprint density at radius 1 is 1.21 bits per heavy atom. The number of nitrogens with two attached hydrogens (primary N) is 1. The monoisotopic (exact) mass is 340 g/mol. The molecule has 1 aromatic heterocycles. The summed E-state index contributed by atoms with van der Waals surface area (Å²) in [4.78, 5) is 13.1. The van der Waals surface area contributed by atoms with Gasteiger partial charge in [0.15, 0.2) is 0 Å². The third-order valence-corrected chi connectivity index (χ3v) is 4.92. The summed E-state index contributed by atoms with van der Waals surface area (Å²) >= 11 is 1.77. The zero-order valence-corrected chi connectivity index (χ0v) is 14.4. The molecule has 24 heavy (non-hydrogen) atoms. The molecular formula is C19H20N2O2S. The Bertz CT molecular complexity index is 824. The van der Waals surface area contributed by atoms with Crippen LogP contribution in [-0.4, -0.2) is 19.6 Å². The summed E-state index contributed by atoms with van der Waals surface area (Å²) in [5.74, 6) is -0.0607. The second-order valence-corrected chi connectivity index (χ2v) is 6.80. The van der Waals surface area contributed by atoms with Crippen LogP contribution in [-0.2, 0) is 16.0 Å². The van der Waals surface area contributed by atoms with Crippen LogP contribution in [0.4, 0.5) is 11.4 Å². The molecule has 1 heterocycles. The number of carbonyl (C=O) groups excluding carboxylic acids is 1. The number of thiophene rings is 1. The maximum Gasteiger partial charge on any atom is 0.226 e. The van der Waals surface area contributed by atoms with Crippen molar-refractivity contribution in [3.63, 3.8) is 0 Å². The lowest BCUT2D eigenvalue weighted by molar-refractivity contribution is -0.117. The highest BCUT2D eigenvalue weighted by Crippen LogP contribution is 2.29. The smallest absolute Gasteiger partial charge is 0.226 e. The van der Waals surface area contributed by atoms with Crippen molar-refractivity contribution in [1.82, 2.24) is 0 Å². The summed E-state index contributed by atoms with van der Waals surface area (Å²) in [6.07, 6.45) is 1.10. The van der Waals surface area contributed by atoms with Gasteiger partial charge in [0, 0.05) is 34.5 Å². The van der Waals surface area contributed by atoms with Crippen LogP contribution in [0.25, 0.3) is 10.1 Å². The van der Waals surface area contributed by atoms with E-state index in [1.807, 2.05) is 30.3 Å². The van der Waals surface area contributed by atoms with Crippen LogP contribution >= 0.6 is 11.3 Å². The quantitative estimate of drug-likeness (QED) is 0.665. The first-order valence-corrected chi connectivity index (χ1v) is 8.62. The third-order valence-electron chi connectivity index (χ3n) is 3.80. The molecule has 0 spiro atoms. The van der Waals surface area contributed by atoms with E-state index in [1.54, 1.807) is 18.4 Å². The lowest BCUT2D eigenvalue weighted by atomic mass is 10.1. The molecule has 2 aromatic carbocycles. The fourth-order valence-corrected chi connectivity index (χ4v) is 3.65. The van der Waals surface area contributed by atoms with Crippen molar-refractivity contribution in [3.05, 3.63) is 59.0 Å². The van der Waals surface area contributed by atoms with E-state index in [1.165, 1.54) is 15.0 Å². The van der Waals surface area contributed by atoms with Crippen LogP contribution in [0.5, 0.6) is 0 Å². The summed E-state index contributed by atoms with van der Waals surface area (Å²) in [7, 11) is 1.58. The Hall–Kier alpha value is -2.37. The van der Waals surface area contributed by atoms with Gasteiger partial charge in [-0.3, -0.25) is 4.79 Å². The molecule has 0 aliphatic carbocycles. The second kappa shape index (κ2) is 7.47. The molecule has 1 amide bonds. The molecule has 0 radical (unpaired) electrons. The normalized spacial score (nSPS) is 10.9. The molecule has 0 unspecified atom stereocenters. The van der Waals surface area contributed by atoms with Crippen molar-refractivity contribution in [1.29, 1.82) is 0 Å². The molecule has 0 aliphatic rings. The fourth-order valence-electron chi connectivity index (χ4n) is 2.57. The summed E-state index contributed by atoms with van der Waals surface area (Å²) < 4.78 is 6.19. The third kappa shape index (κ3) is 3.93. The van der Waals surface area contributed by atoms with Gasteiger partial charge in [0.2, 0.25) is 5.91 Å². The van der Waals surface area contributed by atoms with Crippen LogP contribution in [0.2, 0.25) is 0 Å². The van der Waals surface area contributed by atoms with E-state index in [-0.39, 0.29) is 5.91 Å². The first-order chi connectivity index (χ1) is 11.7. The Kier molecular flexibility index (Phi) is 5.13. The Labute approximate surface area is 145 Å². The van der Waals surface area contributed by atoms with E-state index < -0.39 is 0 Å². The summed E-state index contributed by atoms with van der Waals surface area (Å²) in [6, 6.07) is 16.2. The maximum atomic E-state index is 11.8. The van der Waals surface area contributed by atoms with Crippen molar-refractivity contribution in [2.45, 2.75) is 12.8 Å². The van der Waals surface area contributed by atoms with Crippen molar-refractivity contribution in [2.24, 2.45) is 0 Å². The fraction of sp³-hybridized carbons (Fsp3) is 0.211. The largest absolute Gasteiger partial charge is 0.398 e. The number of hydrogen-bond acceptors (Lipinski definition) is 4. The average molecular weight is 340 g/mol. The number of nitrogen functional groups attached to an aromatic ring is 1. The number of rotatable bonds is 6. The first-order valence-electron chi connectivity index (χ1n) is 7.80. The molecule has 0 saturated heterocycles. The van der Waals surface area contributed by atoms with Crippen molar-refractivity contribution in [2.75, 3.05) is 24.8 Å². The van der Waals surface area contributed by atoms with E-state index >= 15 is 0 Å². The van der Waals surface area contributed by atoms with Gasteiger partial charge in [-0.05, 0) is 41.3 Å². The number of carbonyl (C=O) groups is 1. The molecule has 3 aromatic rings. The summed E-state index contributed by atoms with van der Waals surface area (Å²) in [6.45, 7) is 0.412. The zero-order valence-electron chi connectivity index (χ0n) is 13.5. The van der Waals surface area contributed by atoms with E-state index in [9.17, 15) is 4.79 Å². The number of nitrogens with one attached hydrogen (secondary N) is 1. The predicted molar refractivity (Wildman–Crippen MR) is 101 cm³/mol. The van der Waals surface area contributed by atoms with Gasteiger partial charge in [-0.25, -0.2) is 0 Å². The minimum absolute atomic E-state index is 0.0607. The highest BCUT2D eigenvalue weighted by atomic mass is 32.1. The highest BCUT2D eigenvalue weighted by molar-refractivity contribution is 7.19. The van der Waals surface area contributed by atoms with Crippen molar-refractivity contribution >= 4 is 38.7 Å². The van der Waals surface area contributed by atoms with Gasteiger partial charge in [0.1, 0.15) is 0 Å². The van der Waals surface area contributed by atoms with E-state index in [0.717, 1.165) is 23.4 Å². The van der Waals surface area contributed by atoms with E-state index in [2.05, 4.69) is 23.5 Å². The number of ether oxygens (including phenoxy) is 1. The summed E-state index contributed by atoms with van der Waals surface area (Å²) in [5.41, 5.74) is 8.64. The van der Waals surface area contributed by atoms with Gasteiger partial charge in [0.05, 0.1) is 13.0 Å². The van der Waals surface area contributed by atoms with Crippen LogP contribution in [0.3, 0.4) is 0 Å². The van der Waals surface area contributed by atoms with Gasteiger partial charge in [-0.1, -0.05) is 18.2 Å². The van der Waals surface area contributed by atoms with E-state index in [4.69, 9.17) is 10.5 Å². The van der Waals surface area contributed by atoms with Crippen LogP contribution in [0.15, 0.2) is 48.5 Å². The Morgan fingerprint density at radius 2 is 2.04 bits per heavy atom. The first kappa shape index (κ1) is 16.5. The molecule has 3 N–H and O–H groups in total. The molecule has 124 valence electrons. The van der Waals surface area contributed by atoms with E-state index in [0.29, 0.717) is 13.0 Å². The Morgan fingerprint density at radius 3 is 2.83 bits per heavy atom. The number of fused-ring (bicyclic) bond motifs is 1.